The van der Waals surface area contributed by atoms with E-state index in [4.69, 9.17) is 0 Å². The fourth-order valence-corrected chi connectivity index (χ4v) is 4.22. The highest BCUT2D eigenvalue weighted by molar-refractivity contribution is 7.09. The molecule has 1 aromatic heterocycles. The van der Waals surface area contributed by atoms with Gasteiger partial charge >= 0.3 is 0 Å². The van der Waals surface area contributed by atoms with Gasteiger partial charge in [-0.15, -0.1) is 11.3 Å². The van der Waals surface area contributed by atoms with Crippen LogP contribution < -0.4 is 4.90 Å². The van der Waals surface area contributed by atoms with Gasteiger partial charge in [-0.2, -0.15) is 0 Å². The number of hydrogen-bond acceptors (Lipinski definition) is 3. The van der Waals surface area contributed by atoms with Crippen LogP contribution in [0, 0.1) is 5.92 Å². The molecule has 3 nitrogen and oxygen atoms in total. The van der Waals surface area contributed by atoms with E-state index in [0.29, 0.717) is 12.3 Å². The van der Waals surface area contributed by atoms with Gasteiger partial charge in [0, 0.05) is 36.6 Å². The molecule has 1 fully saturated rings. The summed E-state index contributed by atoms with van der Waals surface area (Å²) in [5.74, 6) is 0.769. The van der Waals surface area contributed by atoms with E-state index in [2.05, 4.69) is 22.4 Å². The molecule has 1 aliphatic heterocycles. The van der Waals surface area contributed by atoms with Gasteiger partial charge in [0.1, 0.15) is 0 Å². The third kappa shape index (κ3) is 5.96. The summed E-state index contributed by atoms with van der Waals surface area (Å²) in [5.41, 5.74) is 1.03. The second-order valence-corrected chi connectivity index (χ2v) is 7.55. The van der Waals surface area contributed by atoms with Crippen molar-refractivity contribution in [1.82, 2.24) is 4.90 Å². The average Bonchev–Trinajstić information content (AvgIpc) is 3.21. The second kappa shape index (κ2) is 11.1. The molecule has 0 aliphatic carbocycles. The molecule has 2 aromatic rings. The van der Waals surface area contributed by atoms with Crippen LogP contribution in [0.2, 0.25) is 0 Å². The van der Waals surface area contributed by atoms with Gasteiger partial charge in [0.2, 0.25) is 5.91 Å². The van der Waals surface area contributed by atoms with Gasteiger partial charge in [0.15, 0.2) is 0 Å². The summed E-state index contributed by atoms with van der Waals surface area (Å²) in [6.07, 6.45) is 2.99. The zero-order valence-electron chi connectivity index (χ0n) is 16.4. The number of likely N-dealkylation sites (tertiary alicyclic amines) is 1. The number of carbonyl (C=O) groups is 1. The molecule has 0 radical (unpaired) electrons. The molecular formula is C22H32N2OS. The lowest BCUT2D eigenvalue weighted by Crippen LogP contribution is -2.42. The quantitative estimate of drug-likeness (QED) is 0.675. The first-order chi connectivity index (χ1) is 12.8. The SMILES string of the molecule is CC.CCC(=O)N(CC1CCCN(Cc2cccs2)C1)c1ccccc1. The number of thiophene rings is 1. The van der Waals surface area contributed by atoms with Gasteiger partial charge in [-0.3, -0.25) is 9.69 Å². The number of amides is 1. The van der Waals surface area contributed by atoms with Crippen molar-refractivity contribution < 1.29 is 4.79 Å². The van der Waals surface area contributed by atoms with Crippen LogP contribution in [0.3, 0.4) is 0 Å². The van der Waals surface area contributed by atoms with Gasteiger partial charge in [-0.25, -0.2) is 0 Å². The Labute approximate surface area is 162 Å². The Morgan fingerprint density at radius 2 is 1.96 bits per heavy atom. The van der Waals surface area contributed by atoms with Crippen LogP contribution in [0.1, 0.15) is 44.9 Å². The predicted octanol–water partition coefficient (Wildman–Crippen LogP) is 5.43. The highest BCUT2D eigenvalue weighted by Crippen LogP contribution is 2.24. The van der Waals surface area contributed by atoms with Crippen LogP contribution in [-0.2, 0) is 11.3 Å². The Kier molecular flexibility index (Phi) is 8.86. The molecule has 1 aromatic carbocycles. The molecule has 1 unspecified atom stereocenters. The molecule has 1 aliphatic rings. The summed E-state index contributed by atoms with van der Waals surface area (Å²) < 4.78 is 0. The minimum Gasteiger partial charge on any atom is -0.312 e. The van der Waals surface area contributed by atoms with Gasteiger partial charge < -0.3 is 4.90 Å². The zero-order valence-corrected chi connectivity index (χ0v) is 17.2. The van der Waals surface area contributed by atoms with E-state index >= 15 is 0 Å². The maximum Gasteiger partial charge on any atom is 0.226 e. The number of hydrogen-bond donors (Lipinski definition) is 0. The number of rotatable bonds is 6. The third-order valence-corrected chi connectivity index (χ3v) is 5.54. The number of carbonyl (C=O) groups excluding carboxylic acids is 1. The summed E-state index contributed by atoms with van der Waals surface area (Å²) in [4.78, 5) is 18.4. The van der Waals surface area contributed by atoms with E-state index in [1.165, 1.54) is 24.3 Å². The van der Waals surface area contributed by atoms with E-state index in [-0.39, 0.29) is 5.91 Å². The van der Waals surface area contributed by atoms with Crippen LogP contribution >= 0.6 is 11.3 Å². The fraction of sp³-hybridized carbons (Fsp3) is 0.500. The first-order valence-electron chi connectivity index (χ1n) is 9.86. The van der Waals surface area contributed by atoms with Crippen molar-refractivity contribution in [3.63, 3.8) is 0 Å². The van der Waals surface area contributed by atoms with E-state index in [1.54, 1.807) is 0 Å². The van der Waals surface area contributed by atoms with E-state index in [1.807, 2.05) is 67.3 Å². The predicted molar refractivity (Wildman–Crippen MR) is 113 cm³/mol. The first-order valence-corrected chi connectivity index (χ1v) is 10.7. The Bertz CT molecular complexity index is 627. The van der Waals surface area contributed by atoms with Gasteiger partial charge in [0.05, 0.1) is 0 Å². The molecule has 1 saturated heterocycles. The molecular weight excluding hydrogens is 340 g/mol. The number of benzene rings is 1. The summed E-state index contributed by atoms with van der Waals surface area (Å²) in [7, 11) is 0. The van der Waals surface area contributed by atoms with Crippen molar-refractivity contribution in [1.29, 1.82) is 0 Å². The van der Waals surface area contributed by atoms with Gasteiger partial charge in [-0.1, -0.05) is 45.0 Å². The highest BCUT2D eigenvalue weighted by atomic mass is 32.1. The maximum atomic E-state index is 12.4. The summed E-state index contributed by atoms with van der Waals surface area (Å²) in [5, 5.41) is 2.15. The molecule has 0 saturated carbocycles. The zero-order chi connectivity index (χ0) is 18.8. The minimum absolute atomic E-state index is 0.219. The lowest BCUT2D eigenvalue weighted by atomic mass is 9.97. The van der Waals surface area contributed by atoms with Crippen LogP contribution in [0.25, 0.3) is 0 Å². The Morgan fingerprint density at radius 3 is 2.62 bits per heavy atom. The molecule has 0 spiro atoms. The van der Waals surface area contributed by atoms with Crippen LogP contribution in [0.4, 0.5) is 5.69 Å². The van der Waals surface area contributed by atoms with Crippen molar-refractivity contribution >= 4 is 22.9 Å². The van der Waals surface area contributed by atoms with Crippen LogP contribution in [-0.4, -0.2) is 30.4 Å². The molecule has 0 N–H and O–H groups in total. The van der Waals surface area contributed by atoms with Crippen molar-refractivity contribution in [3.05, 3.63) is 52.7 Å². The molecule has 3 rings (SSSR count). The first kappa shape index (κ1) is 20.7. The average molecular weight is 373 g/mol. The largest absolute Gasteiger partial charge is 0.312 e. The number of nitrogens with zero attached hydrogens (tertiary/aromatic N) is 2. The van der Waals surface area contributed by atoms with Crippen LogP contribution in [0.5, 0.6) is 0 Å². The highest BCUT2D eigenvalue weighted by Gasteiger charge is 2.24. The van der Waals surface area contributed by atoms with E-state index in [9.17, 15) is 4.79 Å². The monoisotopic (exact) mass is 372 g/mol. The Hall–Kier alpha value is -1.65. The lowest BCUT2D eigenvalue weighted by Gasteiger charge is -2.35. The minimum atomic E-state index is 0.219. The Balaban J connectivity index is 0.00000117. The van der Waals surface area contributed by atoms with Crippen molar-refractivity contribution in [2.45, 2.75) is 46.6 Å². The molecule has 26 heavy (non-hydrogen) atoms. The molecule has 1 amide bonds. The number of piperidine rings is 1. The van der Waals surface area contributed by atoms with Crippen molar-refractivity contribution in [2.24, 2.45) is 5.92 Å². The Morgan fingerprint density at radius 1 is 1.19 bits per heavy atom. The summed E-state index contributed by atoms with van der Waals surface area (Å²) in [6.45, 7) is 10.1. The van der Waals surface area contributed by atoms with E-state index < -0.39 is 0 Å². The molecule has 1 atom stereocenters. The smallest absolute Gasteiger partial charge is 0.226 e. The molecule has 4 heteroatoms. The molecule has 142 valence electrons. The van der Waals surface area contributed by atoms with Crippen molar-refractivity contribution in [2.75, 3.05) is 24.5 Å². The summed E-state index contributed by atoms with van der Waals surface area (Å²) >= 11 is 1.83. The fourth-order valence-electron chi connectivity index (χ4n) is 3.48. The maximum absolute atomic E-state index is 12.4. The van der Waals surface area contributed by atoms with Crippen molar-refractivity contribution in [3.8, 4) is 0 Å². The van der Waals surface area contributed by atoms with Gasteiger partial charge in [-0.05, 0) is 48.9 Å². The number of anilines is 1. The molecule has 0 bridgehead atoms. The number of para-hydroxylation sites is 1. The standard InChI is InChI=1S/C20H26N2OS.C2H6/c1-2-20(23)22(18-9-4-3-5-10-18)15-17-8-6-12-21(14-17)16-19-11-7-13-24-19;1-2/h3-5,7,9-11,13,17H,2,6,8,12,14-16H2,1H3;1-2H3. The molecule has 2 heterocycles. The van der Waals surface area contributed by atoms with Gasteiger partial charge in [0.25, 0.3) is 0 Å². The van der Waals surface area contributed by atoms with E-state index in [0.717, 1.165) is 25.3 Å². The normalized spacial score (nSPS) is 17.3. The summed E-state index contributed by atoms with van der Waals surface area (Å²) in [6, 6.07) is 14.4. The van der Waals surface area contributed by atoms with Crippen LogP contribution in [0.15, 0.2) is 47.8 Å². The second-order valence-electron chi connectivity index (χ2n) is 6.52. The topological polar surface area (TPSA) is 23.6 Å². The third-order valence-electron chi connectivity index (χ3n) is 4.67. The lowest BCUT2D eigenvalue weighted by molar-refractivity contribution is -0.118.